The monoisotopic (exact) mass is 295 g/mol. The Kier molecular flexibility index (Phi) is 4.95. The van der Waals surface area contributed by atoms with Gasteiger partial charge in [-0.05, 0) is 24.7 Å². The van der Waals surface area contributed by atoms with Gasteiger partial charge in [-0.2, -0.15) is 0 Å². The van der Waals surface area contributed by atoms with Crippen LogP contribution in [0.15, 0.2) is 10.6 Å². The minimum atomic E-state index is -0.926. The molecule has 116 valence electrons. The zero-order valence-electron chi connectivity index (χ0n) is 12.3. The second-order valence-electron chi connectivity index (χ2n) is 5.83. The van der Waals surface area contributed by atoms with Crippen molar-refractivity contribution in [3.8, 4) is 0 Å². The number of carbonyl (C=O) groups excluding carboxylic acids is 1. The maximum atomic E-state index is 12.0. The number of amides is 1. The van der Waals surface area contributed by atoms with Gasteiger partial charge in [0.2, 0.25) is 11.8 Å². The first kappa shape index (κ1) is 15.5. The fraction of sp³-hybridized carbons (Fsp3) is 0.643. The number of hydrogen-bond donors (Lipinski definition) is 2. The van der Waals surface area contributed by atoms with E-state index >= 15 is 0 Å². The maximum absolute atomic E-state index is 12.0. The second kappa shape index (κ2) is 6.71. The van der Waals surface area contributed by atoms with Crippen LogP contribution < -0.4 is 5.32 Å². The Morgan fingerprint density at radius 2 is 2.19 bits per heavy atom. The first-order valence-electron chi connectivity index (χ1n) is 7.14. The molecule has 0 spiro atoms. The number of aliphatic carboxylic acids is 1. The zero-order valence-corrected chi connectivity index (χ0v) is 12.3. The minimum absolute atomic E-state index is 0.0422. The summed E-state index contributed by atoms with van der Waals surface area (Å²) in [7, 11) is 0. The molecule has 1 saturated carbocycles. The van der Waals surface area contributed by atoms with Gasteiger partial charge in [0.1, 0.15) is 0 Å². The van der Waals surface area contributed by atoms with Gasteiger partial charge in [0.15, 0.2) is 0 Å². The fourth-order valence-corrected chi connectivity index (χ4v) is 2.04. The van der Waals surface area contributed by atoms with E-state index in [4.69, 9.17) is 9.63 Å². The van der Waals surface area contributed by atoms with Gasteiger partial charge >= 0.3 is 5.97 Å². The molecule has 0 unspecified atom stereocenters. The van der Waals surface area contributed by atoms with Gasteiger partial charge in [0.05, 0.1) is 18.8 Å². The lowest BCUT2D eigenvalue weighted by atomic mass is 10.1. The highest BCUT2D eigenvalue weighted by atomic mass is 16.5. The number of carbonyl (C=O) groups is 2. The lowest BCUT2D eigenvalue weighted by Gasteiger charge is -2.18. The van der Waals surface area contributed by atoms with Gasteiger partial charge in [0, 0.05) is 12.6 Å². The quantitative estimate of drug-likeness (QED) is 0.755. The van der Waals surface area contributed by atoms with Gasteiger partial charge in [-0.25, -0.2) is 0 Å². The van der Waals surface area contributed by atoms with Crippen LogP contribution in [0.3, 0.4) is 0 Å². The molecule has 1 aliphatic carbocycles. The Morgan fingerprint density at radius 1 is 1.48 bits per heavy atom. The predicted octanol–water partition coefficient (Wildman–Crippen LogP) is 1.53. The minimum Gasteiger partial charge on any atom is -0.480 e. The zero-order chi connectivity index (χ0) is 15.4. The largest absolute Gasteiger partial charge is 0.480 e. The van der Waals surface area contributed by atoms with E-state index in [1.54, 1.807) is 11.0 Å². The average molecular weight is 295 g/mol. The van der Waals surface area contributed by atoms with Crippen LogP contribution in [-0.4, -0.2) is 46.7 Å². The molecule has 1 aromatic heterocycles. The van der Waals surface area contributed by atoms with E-state index in [0.717, 1.165) is 18.5 Å². The van der Waals surface area contributed by atoms with Gasteiger partial charge in [-0.15, -0.1) is 0 Å². The van der Waals surface area contributed by atoms with E-state index in [0.29, 0.717) is 18.3 Å². The van der Waals surface area contributed by atoms with Crippen LogP contribution in [-0.2, 0) is 9.59 Å². The van der Waals surface area contributed by atoms with Crippen molar-refractivity contribution in [3.05, 3.63) is 11.8 Å². The highest BCUT2D eigenvalue weighted by molar-refractivity contribution is 5.91. The number of rotatable bonds is 8. The van der Waals surface area contributed by atoms with Crippen molar-refractivity contribution in [2.75, 3.05) is 25.0 Å². The third-order valence-electron chi connectivity index (χ3n) is 3.32. The molecule has 0 radical (unpaired) electrons. The van der Waals surface area contributed by atoms with Crippen LogP contribution in [0.1, 0.15) is 38.3 Å². The summed E-state index contributed by atoms with van der Waals surface area (Å²) < 4.78 is 5.04. The molecule has 0 atom stereocenters. The van der Waals surface area contributed by atoms with Crippen LogP contribution in [0, 0.1) is 5.92 Å². The molecule has 0 aromatic carbocycles. The number of hydrogen-bond acceptors (Lipinski definition) is 5. The van der Waals surface area contributed by atoms with Gasteiger partial charge in [-0.1, -0.05) is 19.0 Å². The molecule has 1 aliphatic rings. The van der Waals surface area contributed by atoms with E-state index in [1.165, 1.54) is 0 Å². The van der Waals surface area contributed by atoms with E-state index < -0.39 is 5.97 Å². The molecular formula is C14H21N3O4. The predicted molar refractivity (Wildman–Crippen MR) is 76.0 cm³/mol. The lowest BCUT2D eigenvalue weighted by molar-refractivity contribution is -0.138. The van der Waals surface area contributed by atoms with E-state index in [2.05, 4.69) is 10.5 Å². The highest BCUT2D eigenvalue weighted by Gasteiger charge is 2.26. The average Bonchev–Trinajstić information content (AvgIpc) is 3.04. The van der Waals surface area contributed by atoms with E-state index in [-0.39, 0.29) is 24.9 Å². The number of aromatic nitrogens is 1. The lowest BCUT2D eigenvalue weighted by Crippen LogP contribution is -2.38. The molecule has 1 amide bonds. The molecule has 7 nitrogen and oxygen atoms in total. The Balaban J connectivity index is 1.86. The molecule has 0 saturated heterocycles. The van der Waals surface area contributed by atoms with E-state index in [9.17, 15) is 9.59 Å². The number of anilines is 1. The summed E-state index contributed by atoms with van der Waals surface area (Å²) >= 11 is 0. The highest BCUT2D eigenvalue weighted by Crippen LogP contribution is 2.29. The van der Waals surface area contributed by atoms with Crippen molar-refractivity contribution in [2.45, 2.75) is 32.6 Å². The van der Waals surface area contributed by atoms with Crippen molar-refractivity contribution in [2.24, 2.45) is 5.92 Å². The van der Waals surface area contributed by atoms with Gasteiger partial charge in [-0.3, -0.25) is 19.8 Å². The number of nitrogens with zero attached hydrogens (tertiary/aromatic N) is 2. The topological polar surface area (TPSA) is 95.7 Å². The van der Waals surface area contributed by atoms with Crippen LogP contribution in [0.4, 0.5) is 5.88 Å². The normalized spacial score (nSPS) is 14.7. The first-order valence-corrected chi connectivity index (χ1v) is 7.14. The smallest absolute Gasteiger partial charge is 0.317 e. The van der Waals surface area contributed by atoms with Crippen LogP contribution in [0.2, 0.25) is 0 Å². The van der Waals surface area contributed by atoms with Gasteiger partial charge in [0.25, 0.3) is 0 Å². The summed E-state index contributed by atoms with van der Waals surface area (Å²) in [5, 5.41) is 15.4. The molecule has 7 heteroatoms. The Hall–Kier alpha value is -1.89. The fourth-order valence-electron chi connectivity index (χ4n) is 2.04. The summed E-state index contributed by atoms with van der Waals surface area (Å²) in [5.74, 6) is -0.174. The standard InChI is InChI=1S/C14H21N3O4/c1-9(2)11-5-13(21-16-11)15-12(18)7-17(8-14(19)20)6-10-3-4-10/h5,9-10H,3-4,6-8H2,1-2H3,(H,15,18)(H,19,20). The Morgan fingerprint density at radius 3 is 2.71 bits per heavy atom. The van der Waals surface area contributed by atoms with Crippen LogP contribution in [0.25, 0.3) is 0 Å². The van der Waals surface area contributed by atoms with Crippen molar-refractivity contribution in [1.82, 2.24) is 10.1 Å². The SMILES string of the molecule is CC(C)c1cc(NC(=O)CN(CC(=O)O)CC2CC2)on1. The third-order valence-corrected chi connectivity index (χ3v) is 3.32. The molecule has 2 rings (SSSR count). The molecule has 0 bridgehead atoms. The van der Waals surface area contributed by atoms with Crippen molar-refractivity contribution in [1.29, 1.82) is 0 Å². The number of nitrogens with one attached hydrogen (secondary N) is 1. The number of carboxylic acids is 1. The third kappa shape index (κ3) is 5.18. The molecule has 2 N–H and O–H groups in total. The molecule has 1 fully saturated rings. The number of carboxylic acid groups (broad SMARTS) is 1. The Bertz CT molecular complexity index is 508. The maximum Gasteiger partial charge on any atom is 0.317 e. The van der Waals surface area contributed by atoms with Crippen LogP contribution >= 0.6 is 0 Å². The first-order chi connectivity index (χ1) is 9.94. The molecule has 0 aliphatic heterocycles. The summed E-state index contributed by atoms with van der Waals surface area (Å²) in [5.41, 5.74) is 0.769. The Labute approximate surface area is 123 Å². The van der Waals surface area contributed by atoms with Crippen molar-refractivity contribution >= 4 is 17.8 Å². The second-order valence-corrected chi connectivity index (χ2v) is 5.83. The molecule has 1 heterocycles. The van der Waals surface area contributed by atoms with E-state index in [1.807, 2.05) is 13.8 Å². The summed E-state index contributed by atoms with van der Waals surface area (Å²) in [6.07, 6.45) is 2.22. The summed E-state index contributed by atoms with van der Waals surface area (Å²) in [4.78, 5) is 24.4. The molecule has 21 heavy (non-hydrogen) atoms. The summed E-state index contributed by atoms with van der Waals surface area (Å²) in [6.45, 7) is 4.52. The van der Waals surface area contributed by atoms with Crippen LogP contribution in [0.5, 0.6) is 0 Å². The molecule has 1 aromatic rings. The van der Waals surface area contributed by atoms with Gasteiger partial charge < -0.3 is 9.63 Å². The summed E-state index contributed by atoms with van der Waals surface area (Å²) in [6, 6.07) is 1.69. The van der Waals surface area contributed by atoms with Crippen molar-refractivity contribution in [3.63, 3.8) is 0 Å². The molecular weight excluding hydrogens is 274 g/mol. The van der Waals surface area contributed by atoms with Crippen molar-refractivity contribution < 1.29 is 19.2 Å².